The van der Waals surface area contributed by atoms with Gasteiger partial charge in [-0.05, 0) is 96.2 Å². The van der Waals surface area contributed by atoms with Crippen molar-refractivity contribution in [3.63, 3.8) is 0 Å². The highest BCUT2D eigenvalue weighted by Gasteiger charge is 2.49. The van der Waals surface area contributed by atoms with Crippen LogP contribution in [0, 0.1) is 17.0 Å². The zero-order valence-corrected chi connectivity index (χ0v) is 28.6. The summed E-state index contributed by atoms with van der Waals surface area (Å²) in [4.78, 5) is 14.7. The summed E-state index contributed by atoms with van der Waals surface area (Å²) in [6.45, 7) is 10.8. The lowest BCUT2D eigenvalue weighted by molar-refractivity contribution is 0.0176. The second-order valence-electron chi connectivity index (χ2n) is 15.6. The molecule has 2 N–H and O–H groups in total. The first-order chi connectivity index (χ1) is 23.7. The van der Waals surface area contributed by atoms with Crippen molar-refractivity contribution in [3.05, 3.63) is 53.1 Å². The second-order valence-corrected chi connectivity index (χ2v) is 15.6. The summed E-state index contributed by atoms with van der Waals surface area (Å²) < 4.78 is 45.1. The Morgan fingerprint density at radius 2 is 1.88 bits per heavy atom. The van der Waals surface area contributed by atoms with Crippen molar-refractivity contribution in [1.29, 1.82) is 0 Å². The zero-order chi connectivity index (χ0) is 33.6. The molecule has 1 aliphatic carbocycles. The van der Waals surface area contributed by atoms with Crippen LogP contribution in [0.2, 0.25) is 0 Å². The number of benzene rings is 3. The van der Waals surface area contributed by atoms with Crippen molar-refractivity contribution in [2.75, 3.05) is 44.3 Å². The molecule has 4 aromatic rings. The predicted molar refractivity (Wildman–Crippen MR) is 187 cm³/mol. The molecule has 4 aliphatic heterocycles. The molecular formula is C39H45F2N5O3. The van der Waals surface area contributed by atoms with Crippen molar-refractivity contribution >= 4 is 27.5 Å². The van der Waals surface area contributed by atoms with E-state index in [1.54, 1.807) is 18.2 Å². The normalized spacial score (nSPS) is 25.7. The van der Waals surface area contributed by atoms with Gasteiger partial charge < -0.3 is 24.8 Å². The molecule has 1 saturated carbocycles. The van der Waals surface area contributed by atoms with E-state index in [4.69, 9.17) is 19.4 Å². The molecule has 5 aliphatic rings. The molecule has 0 amide bonds. The number of halogens is 2. The van der Waals surface area contributed by atoms with Gasteiger partial charge >= 0.3 is 6.01 Å². The van der Waals surface area contributed by atoms with Gasteiger partial charge in [0.2, 0.25) is 0 Å². The highest BCUT2D eigenvalue weighted by atomic mass is 19.1. The van der Waals surface area contributed by atoms with Crippen molar-refractivity contribution in [3.8, 4) is 22.9 Å². The maximum Gasteiger partial charge on any atom is 0.319 e. The monoisotopic (exact) mass is 669 g/mol. The first-order valence-corrected chi connectivity index (χ1v) is 18.2. The average molecular weight is 670 g/mol. The third-order valence-corrected chi connectivity index (χ3v) is 11.9. The number of ether oxygens (including phenoxy) is 2. The number of aryl methyl sites for hydroxylation is 1. The summed E-state index contributed by atoms with van der Waals surface area (Å²) in [7, 11) is 0. The fourth-order valence-corrected chi connectivity index (χ4v) is 9.10. The number of morpholine rings is 1. The Balaban J connectivity index is 1.18. The molecule has 2 unspecified atom stereocenters. The number of rotatable bonds is 9. The van der Waals surface area contributed by atoms with Crippen LogP contribution in [0.4, 0.5) is 14.6 Å². The lowest BCUT2D eigenvalue weighted by Gasteiger charge is -2.34. The van der Waals surface area contributed by atoms with Gasteiger partial charge in [-0.1, -0.05) is 26.8 Å². The van der Waals surface area contributed by atoms with Crippen LogP contribution in [0.1, 0.15) is 69.9 Å². The van der Waals surface area contributed by atoms with Gasteiger partial charge in [0, 0.05) is 60.7 Å². The SMILES string of the molecule is CCc1c(F)ccc2cc(O)cc(-c3c(C(C)C)cc4c(N5CC6CCC(C5)N6)nc(OCC5(CN6C[C@H]7C[C@@H]6CO7)CC5)nc4c3F)c12. The molecule has 3 aromatic carbocycles. The van der Waals surface area contributed by atoms with Gasteiger partial charge in [-0.2, -0.15) is 9.97 Å². The Labute approximate surface area is 285 Å². The zero-order valence-electron chi connectivity index (χ0n) is 28.6. The van der Waals surface area contributed by atoms with Crippen LogP contribution in [0.15, 0.2) is 30.3 Å². The van der Waals surface area contributed by atoms with Gasteiger partial charge in [-0.15, -0.1) is 0 Å². The highest BCUT2D eigenvalue weighted by Crippen LogP contribution is 2.49. The second kappa shape index (κ2) is 11.7. The molecule has 5 fully saturated rings. The van der Waals surface area contributed by atoms with Gasteiger partial charge in [0.15, 0.2) is 5.82 Å². The van der Waals surface area contributed by atoms with E-state index in [0.29, 0.717) is 75.9 Å². The number of piperazine rings is 1. The van der Waals surface area contributed by atoms with E-state index < -0.39 is 5.82 Å². The van der Waals surface area contributed by atoms with Gasteiger partial charge in [0.1, 0.15) is 22.9 Å². The number of likely N-dealkylation sites (tertiary alicyclic amines) is 1. The lowest BCUT2D eigenvalue weighted by Crippen LogP contribution is -2.51. The Bertz CT molecular complexity index is 1950. The number of phenolic OH excluding ortho intramolecular Hbond substituents is 1. The predicted octanol–water partition coefficient (Wildman–Crippen LogP) is 6.69. The minimum Gasteiger partial charge on any atom is -0.508 e. The third kappa shape index (κ3) is 5.42. The number of nitrogens with zero attached hydrogens (tertiary/aromatic N) is 4. The van der Waals surface area contributed by atoms with Crippen LogP contribution >= 0.6 is 0 Å². The van der Waals surface area contributed by atoms with E-state index in [1.165, 1.54) is 6.07 Å². The minimum absolute atomic E-state index is 0.00146. The van der Waals surface area contributed by atoms with Crippen molar-refractivity contribution < 1.29 is 23.4 Å². The van der Waals surface area contributed by atoms with Crippen molar-refractivity contribution in [1.82, 2.24) is 20.2 Å². The van der Waals surface area contributed by atoms with Crippen LogP contribution in [-0.2, 0) is 11.2 Å². The summed E-state index contributed by atoms with van der Waals surface area (Å²) in [6, 6.07) is 9.68. The molecular weight excluding hydrogens is 624 g/mol. The van der Waals surface area contributed by atoms with Crippen LogP contribution in [0.5, 0.6) is 11.8 Å². The highest BCUT2D eigenvalue weighted by molar-refractivity contribution is 6.04. The molecule has 9 rings (SSSR count). The van der Waals surface area contributed by atoms with Crippen molar-refractivity contribution in [2.45, 2.75) is 89.4 Å². The number of hydrogen-bond acceptors (Lipinski definition) is 8. The van der Waals surface area contributed by atoms with Crippen LogP contribution < -0.4 is 15.0 Å². The average Bonchev–Trinajstić information content (AvgIpc) is 3.34. The first-order valence-electron chi connectivity index (χ1n) is 18.2. The van der Waals surface area contributed by atoms with E-state index in [9.17, 15) is 5.11 Å². The topological polar surface area (TPSA) is 83.0 Å². The molecule has 4 saturated heterocycles. The Hall–Kier alpha value is -3.60. The quantitative estimate of drug-likeness (QED) is 0.204. The third-order valence-electron chi connectivity index (χ3n) is 11.9. The van der Waals surface area contributed by atoms with Crippen LogP contribution in [0.25, 0.3) is 32.8 Å². The molecule has 5 heterocycles. The fourth-order valence-electron chi connectivity index (χ4n) is 9.10. The molecule has 8 nitrogen and oxygen atoms in total. The maximum atomic E-state index is 17.5. The molecule has 0 spiro atoms. The summed E-state index contributed by atoms with van der Waals surface area (Å²) in [5.74, 6) is -0.215. The molecule has 1 aromatic heterocycles. The summed E-state index contributed by atoms with van der Waals surface area (Å²) in [6.07, 6.45) is 6.27. The number of fused-ring (bicyclic) bond motifs is 6. The first kappa shape index (κ1) is 31.4. The molecule has 258 valence electrons. The van der Waals surface area contributed by atoms with Gasteiger partial charge in [0.25, 0.3) is 0 Å². The smallest absolute Gasteiger partial charge is 0.319 e. The van der Waals surface area contributed by atoms with Gasteiger partial charge in [-0.3, -0.25) is 4.90 Å². The van der Waals surface area contributed by atoms with Crippen LogP contribution in [-0.4, -0.2) is 83.6 Å². The van der Waals surface area contributed by atoms with Gasteiger partial charge in [0.05, 0.1) is 19.3 Å². The summed E-state index contributed by atoms with van der Waals surface area (Å²) >= 11 is 0. The number of hydrogen-bond donors (Lipinski definition) is 2. The Morgan fingerprint density at radius 3 is 2.55 bits per heavy atom. The van der Waals surface area contributed by atoms with Crippen LogP contribution in [0.3, 0.4) is 0 Å². The number of aromatic hydroxyl groups is 1. The van der Waals surface area contributed by atoms with E-state index >= 15 is 8.78 Å². The van der Waals surface area contributed by atoms with Crippen molar-refractivity contribution in [2.24, 2.45) is 5.41 Å². The van der Waals surface area contributed by atoms with E-state index in [0.717, 1.165) is 70.5 Å². The minimum atomic E-state index is -0.500. The fraction of sp³-hybridized carbons (Fsp3) is 0.538. The van der Waals surface area contributed by atoms with E-state index in [2.05, 4.69) is 15.1 Å². The molecule has 0 radical (unpaired) electrons. The number of nitrogens with one attached hydrogen (secondary N) is 1. The molecule has 49 heavy (non-hydrogen) atoms. The lowest BCUT2D eigenvalue weighted by atomic mass is 9.86. The maximum absolute atomic E-state index is 17.5. The number of anilines is 1. The molecule has 4 bridgehead atoms. The summed E-state index contributed by atoms with van der Waals surface area (Å²) in [5, 5.41) is 16.5. The van der Waals surface area contributed by atoms with Gasteiger partial charge in [-0.25, -0.2) is 8.78 Å². The largest absolute Gasteiger partial charge is 0.508 e. The Kier molecular flexibility index (Phi) is 7.52. The van der Waals surface area contributed by atoms with E-state index in [-0.39, 0.29) is 34.4 Å². The Morgan fingerprint density at radius 1 is 1.08 bits per heavy atom. The standard InChI is InChI=1S/C39H45F2N5O3/c1-4-28-32(40)8-5-22-11-26(47)13-30(33(22)28)34-29(21(2)3)14-31-36(35(34)41)43-38(44-37(31)45-15-23-6-7-24(16-45)42-23)49-20-39(9-10-39)19-46-17-27-12-25(46)18-48-27/h5,8,11,13-14,21,23-25,27,42,47H,4,6-7,9-10,12,15-20H2,1-3H3/t23?,24?,25-,27-/m1/s1. The number of phenols is 1. The number of aromatic nitrogens is 2. The molecule has 10 heteroatoms. The summed E-state index contributed by atoms with van der Waals surface area (Å²) in [5.41, 5.74) is 2.31. The van der Waals surface area contributed by atoms with E-state index in [1.807, 2.05) is 26.8 Å². The molecule has 4 atom stereocenters.